The van der Waals surface area contributed by atoms with Crippen LogP contribution >= 0.6 is 0 Å². The fraction of sp³-hybridized carbons (Fsp3) is 0. The van der Waals surface area contributed by atoms with Crippen LogP contribution < -0.4 is 0 Å². The first-order chi connectivity index (χ1) is 4.47. The molecule has 1 radical (unpaired) electrons. The first kappa shape index (κ1) is 7.17. The summed E-state index contributed by atoms with van der Waals surface area (Å²) in [4.78, 5) is 3.94. The van der Waals surface area contributed by atoms with E-state index in [0.29, 0.717) is 5.65 Å². The Morgan fingerprint density at radius 1 is 1.40 bits per heavy atom. The molecule has 4 nitrogen and oxygen atoms in total. The van der Waals surface area contributed by atoms with Gasteiger partial charge in [-0.3, -0.25) is 5.10 Å². The van der Waals surface area contributed by atoms with E-state index in [2.05, 4.69) is 20.4 Å². The smallest absolute Gasteiger partial charge is 0.201 e. The van der Waals surface area contributed by atoms with Crippen LogP contribution in [0.4, 0.5) is 0 Å². The van der Waals surface area contributed by atoms with Gasteiger partial charge in [-0.1, -0.05) is 5.21 Å². The Morgan fingerprint density at radius 2 is 2.30 bits per heavy atom. The Kier molecular flexibility index (Phi) is 1.98. The average Bonchev–Trinajstić information content (AvgIpc) is 2.33. The molecule has 0 aliphatic heterocycles. The maximum Gasteiger partial charge on any atom is 0.201 e. The zero-order valence-electron chi connectivity index (χ0n) is 4.91. The standard InChI is InChI=1S/C5H4N4.Co/c1-2-4-5(6-3-1)8-9-7-4;/h1-3H,(H,6,7,8,9);. The summed E-state index contributed by atoms with van der Waals surface area (Å²) in [5.74, 6) is 0. The molecule has 0 unspecified atom stereocenters. The van der Waals surface area contributed by atoms with Crippen LogP contribution in [-0.2, 0) is 16.8 Å². The first-order valence-electron chi connectivity index (χ1n) is 2.58. The number of fused-ring (bicyclic) bond motifs is 1. The summed E-state index contributed by atoms with van der Waals surface area (Å²) >= 11 is 0. The number of nitrogens with one attached hydrogen (secondary N) is 1. The predicted octanol–water partition coefficient (Wildman–Crippen LogP) is 0.350. The van der Waals surface area contributed by atoms with E-state index in [0.717, 1.165) is 5.52 Å². The quantitative estimate of drug-likeness (QED) is 0.634. The number of rotatable bonds is 0. The molecule has 0 bridgehead atoms. The van der Waals surface area contributed by atoms with Crippen molar-refractivity contribution in [3.05, 3.63) is 18.3 Å². The Bertz CT molecular complexity index is 288. The molecule has 0 aliphatic carbocycles. The van der Waals surface area contributed by atoms with Crippen molar-refractivity contribution in [3.63, 3.8) is 0 Å². The Hall–Kier alpha value is -0.944. The topological polar surface area (TPSA) is 54.5 Å². The van der Waals surface area contributed by atoms with Crippen molar-refractivity contribution in [2.24, 2.45) is 0 Å². The van der Waals surface area contributed by atoms with E-state index in [1.54, 1.807) is 6.20 Å². The Labute approximate surface area is 67.2 Å². The second-order valence-corrected chi connectivity index (χ2v) is 1.69. The number of aromatic amines is 1. The van der Waals surface area contributed by atoms with Crippen molar-refractivity contribution in [1.82, 2.24) is 20.4 Å². The Balaban J connectivity index is 0.000000500. The molecule has 0 atom stereocenters. The molecule has 1 N–H and O–H groups in total. The molecule has 0 fully saturated rings. The molecule has 10 heavy (non-hydrogen) atoms. The number of pyridine rings is 1. The van der Waals surface area contributed by atoms with Crippen LogP contribution in [0.2, 0.25) is 0 Å². The first-order valence-corrected chi connectivity index (χ1v) is 2.58. The van der Waals surface area contributed by atoms with Crippen LogP contribution in [0.1, 0.15) is 0 Å². The molecule has 0 spiro atoms. The fourth-order valence-electron chi connectivity index (χ4n) is 0.690. The van der Waals surface area contributed by atoms with Gasteiger partial charge in [0.25, 0.3) is 0 Å². The summed E-state index contributed by atoms with van der Waals surface area (Å²) in [6.07, 6.45) is 1.69. The van der Waals surface area contributed by atoms with Gasteiger partial charge in [0.15, 0.2) is 0 Å². The van der Waals surface area contributed by atoms with E-state index in [-0.39, 0.29) is 16.8 Å². The molecule has 0 amide bonds. The molecular weight excluding hydrogens is 175 g/mol. The average molecular weight is 179 g/mol. The van der Waals surface area contributed by atoms with Gasteiger partial charge in [-0.15, -0.1) is 5.10 Å². The van der Waals surface area contributed by atoms with Gasteiger partial charge in [-0.25, -0.2) is 4.98 Å². The molecular formula is C5H4CoN4. The SMILES string of the molecule is [Co].c1cnc2nn[nH]c2c1. The third-order valence-corrected chi connectivity index (χ3v) is 1.10. The molecule has 0 saturated heterocycles. The van der Waals surface area contributed by atoms with E-state index < -0.39 is 0 Å². The van der Waals surface area contributed by atoms with Gasteiger partial charge in [-0.2, -0.15) is 0 Å². The van der Waals surface area contributed by atoms with Gasteiger partial charge < -0.3 is 0 Å². The predicted molar refractivity (Wildman–Crippen MR) is 31.7 cm³/mol. The number of hydrogen-bond acceptors (Lipinski definition) is 3. The van der Waals surface area contributed by atoms with E-state index in [1.807, 2.05) is 12.1 Å². The van der Waals surface area contributed by atoms with Crippen molar-refractivity contribution in [3.8, 4) is 0 Å². The number of H-pyrrole nitrogens is 1. The number of nitrogens with zero attached hydrogens (tertiary/aromatic N) is 3. The summed E-state index contributed by atoms with van der Waals surface area (Å²) in [6.45, 7) is 0. The van der Waals surface area contributed by atoms with Gasteiger partial charge in [-0.05, 0) is 12.1 Å². The van der Waals surface area contributed by atoms with Crippen LogP contribution in [0.15, 0.2) is 18.3 Å². The van der Waals surface area contributed by atoms with Gasteiger partial charge in [0.1, 0.15) is 5.52 Å². The minimum atomic E-state index is 0. The summed E-state index contributed by atoms with van der Waals surface area (Å²) < 4.78 is 0. The molecule has 0 saturated carbocycles. The van der Waals surface area contributed by atoms with E-state index in [1.165, 1.54) is 0 Å². The second-order valence-electron chi connectivity index (χ2n) is 1.69. The molecule has 2 heterocycles. The summed E-state index contributed by atoms with van der Waals surface area (Å²) in [7, 11) is 0. The van der Waals surface area contributed by atoms with Crippen LogP contribution in [0.3, 0.4) is 0 Å². The monoisotopic (exact) mass is 179 g/mol. The van der Waals surface area contributed by atoms with Gasteiger partial charge in [0.2, 0.25) is 5.65 Å². The third-order valence-electron chi connectivity index (χ3n) is 1.10. The van der Waals surface area contributed by atoms with Crippen LogP contribution in [-0.4, -0.2) is 20.4 Å². The maximum atomic E-state index is 3.94. The third kappa shape index (κ3) is 1.00. The van der Waals surface area contributed by atoms with Crippen molar-refractivity contribution >= 4 is 11.2 Å². The number of hydrogen-bond donors (Lipinski definition) is 1. The molecule has 2 aromatic rings. The number of aromatic nitrogens is 4. The zero-order valence-corrected chi connectivity index (χ0v) is 5.95. The van der Waals surface area contributed by atoms with Crippen molar-refractivity contribution in [2.45, 2.75) is 0 Å². The molecule has 2 rings (SSSR count). The second kappa shape index (κ2) is 2.76. The van der Waals surface area contributed by atoms with Gasteiger partial charge >= 0.3 is 0 Å². The summed E-state index contributed by atoms with van der Waals surface area (Å²) in [5.41, 5.74) is 1.54. The minimum Gasteiger partial charge on any atom is -0.256 e. The molecule has 5 heteroatoms. The molecule has 53 valence electrons. The van der Waals surface area contributed by atoms with E-state index >= 15 is 0 Å². The largest absolute Gasteiger partial charge is 0.256 e. The van der Waals surface area contributed by atoms with Gasteiger partial charge in [0, 0.05) is 23.0 Å². The summed E-state index contributed by atoms with van der Waals surface area (Å²) in [6, 6.07) is 3.71. The van der Waals surface area contributed by atoms with Crippen LogP contribution in [0, 0.1) is 0 Å². The van der Waals surface area contributed by atoms with Crippen molar-refractivity contribution in [2.75, 3.05) is 0 Å². The normalized spacial score (nSPS) is 9.20. The van der Waals surface area contributed by atoms with E-state index in [9.17, 15) is 0 Å². The fourth-order valence-corrected chi connectivity index (χ4v) is 0.690. The van der Waals surface area contributed by atoms with Gasteiger partial charge in [0.05, 0.1) is 0 Å². The Morgan fingerprint density at radius 3 is 3.10 bits per heavy atom. The maximum absolute atomic E-state index is 3.94. The van der Waals surface area contributed by atoms with E-state index in [4.69, 9.17) is 0 Å². The van der Waals surface area contributed by atoms with Crippen molar-refractivity contribution < 1.29 is 16.8 Å². The van der Waals surface area contributed by atoms with Crippen molar-refractivity contribution in [1.29, 1.82) is 0 Å². The molecule has 2 aromatic heterocycles. The van der Waals surface area contributed by atoms with Crippen LogP contribution in [0.5, 0.6) is 0 Å². The minimum absolute atomic E-state index is 0. The van der Waals surface area contributed by atoms with Crippen LogP contribution in [0.25, 0.3) is 11.2 Å². The zero-order chi connectivity index (χ0) is 6.10. The molecule has 0 aromatic carbocycles. The summed E-state index contributed by atoms with van der Waals surface area (Å²) in [5, 5.41) is 9.96. The molecule has 0 aliphatic rings.